The Morgan fingerprint density at radius 2 is 2.10 bits per heavy atom. The number of aliphatic hydroxyl groups excluding tert-OH is 3. The second-order valence-electron chi connectivity index (χ2n) is 6.60. The molecule has 5 atom stereocenters. The van der Waals surface area contributed by atoms with Gasteiger partial charge in [-0.25, -0.2) is 15.0 Å². The number of carboxylic acids is 1. The number of imidazole rings is 1. The number of nitrogens with two attached hydrogens (primary N) is 2. The van der Waals surface area contributed by atoms with Crippen LogP contribution in [0.3, 0.4) is 0 Å². The highest BCUT2D eigenvalue weighted by atomic mass is 32.2. The lowest BCUT2D eigenvalue weighted by Crippen LogP contribution is -2.43. The highest BCUT2D eigenvalue weighted by Gasteiger charge is 2.52. The first kappa shape index (κ1) is 23.3. The number of hydrogen-bond acceptors (Lipinski definition) is 11. The van der Waals surface area contributed by atoms with Crippen LogP contribution < -0.4 is 11.5 Å². The van der Waals surface area contributed by atoms with E-state index in [0.29, 0.717) is 17.6 Å². The van der Waals surface area contributed by atoms with Gasteiger partial charge in [0.05, 0.1) is 12.9 Å². The van der Waals surface area contributed by atoms with E-state index in [0.717, 1.165) is 5.75 Å². The van der Waals surface area contributed by atoms with Crippen molar-refractivity contribution >= 4 is 34.7 Å². The van der Waals surface area contributed by atoms with Crippen LogP contribution in [0, 0.1) is 0 Å². The topological polar surface area (TPSA) is 203 Å². The molecule has 3 heterocycles. The first-order valence-electron chi connectivity index (χ1n) is 8.73. The summed E-state index contributed by atoms with van der Waals surface area (Å²) in [7, 11) is 0. The molecule has 0 aliphatic carbocycles. The first-order valence-corrected chi connectivity index (χ1v) is 10.1. The number of rotatable bonds is 6. The highest BCUT2D eigenvalue weighted by molar-refractivity contribution is 7.98. The highest BCUT2D eigenvalue weighted by Crippen LogP contribution is 2.37. The van der Waals surface area contributed by atoms with Gasteiger partial charge >= 0.3 is 5.97 Å². The molecule has 0 saturated carbocycles. The molecule has 1 fully saturated rings. The van der Waals surface area contributed by atoms with E-state index in [1.54, 1.807) is 18.7 Å². The average Bonchev–Trinajstić information content (AvgIpc) is 3.23. The molecule has 2 aromatic heterocycles. The fourth-order valence-corrected chi connectivity index (χ4v) is 3.35. The van der Waals surface area contributed by atoms with Crippen LogP contribution in [-0.4, -0.2) is 88.9 Å². The Balaban J connectivity index is 0.000000284. The molecule has 29 heavy (non-hydrogen) atoms. The molecular formula is C16H26N6O6S. The van der Waals surface area contributed by atoms with Crippen molar-refractivity contribution in [3.63, 3.8) is 0 Å². The number of fused-ring (bicyclic) bond motifs is 1. The lowest BCUT2D eigenvalue weighted by Gasteiger charge is -2.29. The van der Waals surface area contributed by atoms with Gasteiger partial charge in [0, 0.05) is 0 Å². The van der Waals surface area contributed by atoms with E-state index in [4.69, 9.17) is 21.3 Å². The van der Waals surface area contributed by atoms with Gasteiger partial charge in [-0.05, 0) is 25.4 Å². The van der Waals surface area contributed by atoms with Crippen LogP contribution in [0.4, 0.5) is 5.82 Å². The summed E-state index contributed by atoms with van der Waals surface area (Å²) in [5.41, 5.74) is 10.4. The predicted molar refractivity (Wildman–Crippen MR) is 106 cm³/mol. The Bertz CT molecular complexity index is 837. The van der Waals surface area contributed by atoms with Crippen LogP contribution in [0.15, 0.2) is 12.7 Å². The third-order valence-electron chi connectivity index (χ3n) is 4.61. The Kier molecular flexibility index (Phi) is 7.73. The van der Waals surface area contributed by atoms with Gasteiger partial charge < -0.3 is 36.6 Å². The average molecular weight is 430 g/mol. The fourth-order valence-electron chi connectivity index (χ4n) is 2.86. The van der Waals surface area contributed by atoms with Crippen LogP contribution in [0.2, 0.25) is 0 Å². The van der Waals surface area contributed by atoms with Gasteiger partial charge in [0.25, 0.3) is 0 Å². The number of nitrogen functional groups attached to an aromatic ring is 1. The van der Waals surface area contributed by atoms with Crippen molar-refractivity contribution in [2.24, 2.45) is 5.73 Å². The number of aliphatic hydroxyl groups is 3. The maximum Gasteiger partial charge on any atom is 0.320 e. The van der Waals surface area contributed by atoms with E-state index in [-0.39, 0.29) is 5.82 Å². The maximum atomic E-state index is 10.2. The number of anilines is 1. The lowest BCUT2D eigenvalue weighted by atomic mass is 10.0. The molecule has 1 aliphatic rings. The van der Waals surface area contributed by atoms with Gasteiger partial charge in [0.15, 0.2) is 17.2 Å². The van der Waals surface area contributed by atoms with Gasteiger partial charge in [-0.3, -0.25) is 9.36 Å². The summed E-state index contributed by atoms with van der Waals surface area (Å²) < 4.78 is 7.06. The largest absolute Gasteiger partial charge is 0.480 e. The number of nitrogens with zero attached hydrogens (tertiary/aromatic N) is 4. The van der Waals surface area contributed by atoms with Crippen LogP contribution in [0.5, 0.6) is 0 Å². The summed E-state index contributed by atoms with van der Waals surface area (Å²) in [5.74, 6) is 0.112. The zero-order chi connectivity index (χ0) is 21.8. The number of hydrogen-bond donors (Lipinski definition) is 6. The molecule has 2 aromatic rings. The molecule has 13 heteroatoms. The Hall–Kier alpha value is -2.03. The normalized spacial score (nSPS) is 27.4. The Morgan fingerprint density at radius 3 is 2.66 bits per heavy atom. The number of carbonyl (C=O) groups is 1. The van der Waals surface area contributed by atoms with Gasteiger partial charge in [0.1, 0.15) is 36.2 Å². The molecule has 0 bridgehead atoms. The summed E-state index contributed by atoms with van der Waals surface area (Å²) in [6, 6.07) is -0.683. The Labute approximate surface area is 170 Å². The number of thioether (sulfide) groups is 1. The standard InChI is InChI=1S/C11H15N5O4.C5H11NO2S/c1-11(8(19)7(18)5(2-17)20-11)16-4-15-6-9(12)13-3-14-10(6)16;1-9-3-2-4(6)5(7)8/h3-5,7-8,17-19H,2H2,1H3,(H2,12,13,14);4H,2-3,6H2,1H3,(H,7,8)/t5-,7-,8-,11-;/m1./s1. The molecule has 0 radical (unpaired) electrons. The third-order valence-corrected chi connectivity index (χ3v) is 5.26. The van der Waals surface area contributed by atoms with E-state index in [1.165, 1.54) is 17.2 Å². The fraction of sp³-hybridized carbons (Fsp3) is 0.625. The maximum absolute atomic E-state index is 10.2. The minimum atomic E-state index is -1.30. The van der Waals surface area contributed by atoms with Crippen molar-refractivity contribution in [1.29, 1.82) is 0 Å². The van der Waals surface area contributed by atoms with Gasteiger partial charge in [-0.1, -0.05) is 0 Å². The number of ether oxygens (including phenoxy) is 1. The van der Waals surface area contributed by atoms with E-state index in [2.05, 4.69) is 15.0 Å². The second kappa shape index (κ2) is 9.65. The SMILES string of the molecule is CSCCC(N)C(=O)O.C[C@@]1(n2cnc3c(N)ncnc32)O[C@H](CO)[C@@H](O)[C@H]1O. The first-order chi connectivity index (χ1) is 13.7. The smallest absolute Gasteiger partial charge is 0.320 e. The molecule has 3 rings (SSSR count). The van der Waals surface area contributed by atoms with Crippen molar-refractivity contribution in [2.75, 3.05) is 24.3 Å². The van der Waals surface area contributed by atoms with Crippen LogP contribution in [-0.2, 0) is 15.3 Å². The summed E-state index contributed by atoms with van der Waals surface area (Å²) >= 11 is 1.60. The number of aromatic nitrogens is 4. The van der Waals surface area contributed by atoms with Crippen LogP contribution in [0.1, 0.15) is 13.3 Å². The molecule has 0 aromatic carbocycles. The van der Waals surface area contributed by atoms with Crippen molar-refractivity contribution in [3.05, 3.63) is 12.7 Å². The van der Waals surface area contributed by atoms with Crippen LogP contribution >= 0.6 is 11.8 Å². The van der Waals surface area contributed by atoms with Gasteiger partial charge in [-0.15, -0.1) is 0 Å². The van der Waals surface area contributed by atoms with Gasteiger partial charge in [0.2, 0.25) is 0 Å². The third kappa shape index (κ3) is 4.76. The molecule has 0 amide bonds. The predicted octanol–water partition coefficient (Wildman–Crippen LogP) is -1.65. The van der Waals surface area contributed by atoms with E-state index in [9.17, 15) is 20.1 Å². The van der Waals surface area contributed by atoms with E-state index in [1.807, 2.05) is 6.26 Å². The molecule has 12 nitrogen and oxygen atoms in total. The molecule has 1 aliphatic heterocycles. The van der Waals surface area contributed by atoms with Crippen molar-refractivity contribution in [1.82, 2.24) is 19.5 Å². The molecule has 0 spiro atoms. The molecule has 162 valence electrons. The monoisotopic (exact) mass is 430 g/mol. The van der Waals surface area contributed by atoms with Crippen molar-refractivity contribution in [3.8, 4) is 0 Å². The number of carboxylic acid groups (broad SMARTS) is 1. The summed E-state index contributed by atoms with van der Waals surface area (Å²) in [5, 5.41) is 37.6. The molecule has 8 N–H and O–H groups in total. The summed E-state index contributed by atoms with van der Waals surface area (Å²) in [4.78, 5) is 22.1. The summed E-state index contributed by atoms with van der Waals surface area (Å²) in [6.07, 6.45) is 1.83. The van der Waals surface area contributed by atoms with E-state index >= 15 is 0 Å². The molecule has 1 unspecified atom stereocenters. The minimum Gasteiger partial charge on any atom is -0.480 e. The summed E-state index contributed by atoms with van der Waals surface area (Å²) in [6.45, 7) is 1.17. The Morgan fingerprint density at radius 1 is 1.41 bits per heavy atom. The van der Waals surface area contributed by atoms with Gasteiger partial charge in [-0.2, -0.15) is 11.8 Å². The second-order valence-corrected chi connectivity index (χ2v) is 7.59. The molecular weight excluding hydrogens is 404 g/mol. The quantitative estimate of drug-likeness (QED) is 0.305. The van der Waals surface area contributed by atoms with E-state index < -0.39 is 42.7 Å². The zero-order valence-electron chi connectivity index (χ0n) is 16.0. The van der Waals surface area contributed by atoms with Crippen molar-refractivity contribution < 1.29 is 30.0 Å². The minimum absolute atomic E-state index is 0.212. The lowest BCUT2D eigenvalue weighted by molar-refractivity contribution is -0.138. The number of aliphatic carboxylic acids is 1. The van der Waals surface area contributed by atoms with Crippen LogP contribution in [0.25, 0.3) is 11.2 Å². The molecule has 1 saturated heterocycles. The van der Waals surface area contributed by atoms with Crippen molar-refractivity contribution in [2.45, 2.75) is 43.4 Å². The zero-order valence-corrected chi connectivity index (χ0v) is 16.9.